The third-order valence-corrected chi connectivity index (χ3v) is 8.08. The molecular weight excluding hydrogens is 595 g/mol. The minimum Gasteiger partial charge on any atom is -0.367 e. The van der Waals surface area contributed by atoms with Crippen LogP contribution in [0.5, 0.6) is 0 Å². The molecule has 0 bridgehead atoms. The maximum atomic E-state index is 15.0. The van der Waals surface area contributed by atoms with E-state index in [0.29, 0.717) is 36.0 Å². The van der Waals surface area contributed by atoms with Crippen molar-refractivity contribution in [2.75, 3.05) is 76.2 Å². The van der Waals surface area contributed by atoms with Crippen molar-refractivity contribution < 1.29 is 31.5 Å². The Morgan fingerprint density at radius 1 is 1.00 bits per heavy atom. The lowest BCUT2D eigenvalue weighted by atomic mass is 10.1. The van der Waals surface area contributed by atoms with Crippen LogP contribution in [-0.4, -0.2) is 105 Å². The van der Waals surface area contributed by atoms with Crippen molar-refractivity contribution in [3.8, 4) is 0 Å². The third kappa shape index (κ3) is 9.01. The topological polar surface area (TPSA) is 71.2 Å². The molecular formula is C29H36ClF5N6O2. The fraction of sp³-hybridized carbons (Fsp3) is 0.517. The summed E-state index contributed by atoms with van der Waals surface area (Å²) in [5.74, 6) is -3.77. The molecule has 2 aliphatic heterocycles. The molecule has 2 aromatic carbocycles. The molecule has 2 saturated heterocycles. The molecule has 2 fully saturated rings. The van der Waals surface area contributed by atoms with E-state index in [-0.39, 0.29) is 37.1 Å². The smallest absolute Gasteiger partial charge is 0.367 e. The van der Waals surface area contributed by atoms with Crippen LogP contribution in [0.4, 0.5) is 33.3 Å². The first-order valence-electron chi connectivity index (χ1n) is 14.1. The molecule has 2 N–H and O–H groups in total. The first-order valence-corrected chi connectivity index (χ1v) is 14.5. The van der Waals surface area contributed by atoms with E-state index in [2.05, 4.69) is 15.5 Å². The third-order valence-electron chi connectivity index (χ3n) is 7.84. The first-order chi connectivity index (χ1) is 20.3. The summed E-state index contributed by atoms with van der Waals surface area (Å²) in [6.07, 6.45) is -5.15. The van der Waals surface area contributed by atoms with Gasteiger partial charge in [0.15, 0.2) is 11.6 Å². The number of anilines is 2. The fourth-order valence-electron chi connectivity index (χ4n) is 5.24. The fourth-order valence-corrected chi connectivity index (χ4v) is 5.40. The highest BCUT2D eigenvalue weighted by Crippen LogP contribution is 2.32. The molecule has 0 aromatic heterocycles. The van der Waals surface area contributed by atoms with Gasteiger partial charge in [-0.25, -0.2) is 8.78 Å². The predicted molar refractivity (Wildman–Crippen MR) is 155 cm³/mol. The summed E-state index contributed by atoms with van der Waals surface area (Å²) in [7, 11) is 2.00. The Labute approximate surface area is 252 Å². The van der Waals surface area contributed by atoms with Crippen LogP contribution in [0.2, 0.25) is 5.02 Å². The zero-order chi connectivity index (χ0) is 31.3. The number of hydrogen-bond acceptors (Lipinski definition) is 6. The summed E-state index contributed by atoms with van der Waals surface area (Å²) in [5, 5.41) is 5.60. The quantitative estimate of drug-likeness (QED) is 0.405. The zero-order valence-electron chi connectivity index (χ0n) is 24.1. The van der Waals surface area contributed by atoms with Crippen LogP contribution >= 0.6 is 11.6 Å². The van der Waals surface area contributed by atoms with Crippen LogP contribution in [0.3, 0.4) is 0 Å². The summed E-state index contributed by atoms with van der Waals surface area (Å²) >= 11 is 6.21. The van der Waals surface area contributed by atoms with E-state index in [4.69, 9.17) is 11.6 Å². The summed E-state index contributed by atoms with van der Waals surface area (Å²) in [6, 6.07) is 6.89. The molecule has 0 spiro atoms. The lowest BCUT2D eigenvalue weighted by Gasteiger charge is -2.41. The van der Waals surface area contributed by atoms with Gasteiger partial charge in [-0.15, -0.1) is 0 Å². The van der Waals surface area contributed by atoms with Gasteiger partial charge in [0.1, 0.15) is 0 Å². The van der Waals surface area contributed by atoms with Crippen LogP contribution in [0, 0.1) is 11.6 Å². The molecule has 2 aromatic rings. The number of halogens is 6. The molecule has 2 amide bonds. The highest BCUT2D eigenvalue weighted by Gasteiger charge is 2.32. The predicted octanol–water partition coefficient (Wildman–Crippen LogP) is 4.20. The van der Waals surface area contributed by atoms with Crippen LogP contribution in [0.25, 0.3) is 0 Å². The lowest BCUT2D eigenvalue weighted by Crippen LogP contribution is -2.52. The number of likely N-dealkylation sites (N-methyl/N-ethyl adjacent to an activating group) is 1. The summed E-state index contributed by atoms with van der Waals surface area (Å²) < 4.78 is 68.1. The molecule has 2 heterocycles. The number of benzene rings is 2. The van der Waals surface area contributed by atoms with E-state index in [1.54, 1.807) is 11.0 Å². The number of nitrogens with one attached hydrogen (secondary N) is 2. The van der Waals surface area contributed by atoms with Gasteiger partial charge in [0.25, 0.3) is 5.91 Å². The first kappa shape index (κ1) is 32.9. The van der Waals surface area contributed by atoms with Crippen LogP contribution in [-0.2, 0) is 11.3 Å². The maximum Gasteiger partial charge on any atom is 0.390 e. The number of alkyl halides is 3. The SMILES string of the molecule is C[C@H]1CN(c2cc(Cl)ccc2NC(=O)c2ccc(CNC(=O)CN3CCN(C)CC3)c(F)c2F)CCN1CCC(F)(F)F. The Morgan fingerprint density at radius 2 is 1.72 bits per heavy atom. The molecule has 8 nitrogen and oxygen atoms in total. The highest BCUT2D eigenvalue weighted by molar-refractivity contribution is 6.31. The van der Waals surface area contributed by atoms with Crippen molar-refractivity contribution in [3.63, 3.8) is 0 Å². The van der Waals surface area contributed by atoms with Crippen LogP contribution in [0.1, 0.15) is 29.3 Å². The second-order valence-electron chi connectivity index (χ2n) is 11.1. The molecule has 1 atom stereocenters. The van der Waals surface area contributed by atoms with E-state index in [1.807, 2.05) is 23.8 Å². The summed E-state index contributed by atoms with van der Waals surface area (Å²) in [5.41, 5.74) is 0.204. The monoisotopic (exact) mass is 630 g/mol. The number of rotatable bonds is 9. The van der Waals surface area contributed by atoms with Gasteiger partial charge in [-0.05, 0) is 38.2 Å². The molecule has 0 aliphatic carbocycles. The van der Waals surface area contributed by atoms with Gasteiger partial charge in [0.05, 0.1) is 29.9 Å². The Balaban J connectivity index is 1.39. The highest BCUT2D eigenvalue weighted by atomic mass is 35.5. The Hall–Kier alpha value is -3.00. The van der Waals surface area contributed by atoms with E-state index in [0.717, 1.165) is 32.2 Å². The standard InChI is InChI=1S/C29H36ClF5N6O2/c1-19-17-41(14-13-40(19)8-7-29(33,34)35)24-15-21(30)4-6-23(24)37-28(43)22-5-3-20(26(31)27(22)32)16-36-25(42)18-39-11-9-38(2)10-12-39/h3-6,15,19H,7-14,16-18H2,1-2H3,(H,36,42)(H,37,43)/t19-/m0/s1. The second-order valence-corrected chi connectivity index (χ2v) is 11.5. The molecule has 0 unspecified atom stereocenters. The van der Waals surface area contributed by atoms with Crippen molar-refractivity contribution in [2.24, 2.45) is 0 Å². The normalized spacial score (nSPS) is 19.0. The van der Waals surface area contributed by atoms with Crippen molar-refractivity contribution in [1.29, 1.82) is 0 Å². The van der Waals surface area contributed by atoms with Gasteiger partial charge in [-0.1, -0.05) is 17.7 Å². The minimum absolute atomic E-state index is 0.0923. The summed E-state index contributed by atoms with van der Waals surface area (Å²) in [4.78, 5) is 33.2. The number of hydrogen-bond donors (Lipinski definition) is 2. The molecule has 43 heavy (non-hydrogen) atoms. The Morgan fingerprint density at radius 3 is 2.40 bits per heavy atom. The number of amides is 2. The van der Waals surface area contributed by atoms with Crippen molar-refractivity contribution >= 4 is 34.8 Å². The Bertz CT molecular complexity index is 1300. The van der Waals surface area contributed by atoms with E-state index in [1.165, 1.54) is 18.2 Å². The number of nitrogens with zero attached hydrogens (tertiary/aromatic N) is 4. The number of carbonyl (C=O) groups is 2. The van der Waals surface area contributed by atoms with E-state index in [9.17, 15) is 27.2 Å². The average Bonchev–Trinajstić information content (AvgIpc) is 2.94. The van der Waals surface area contributed by atoms with Gasteiger partial charge in [0.2, 0.25) is 5.91 Å². The minimum atomic E-state index is -4.24. The van der Waals surface area contributed by atoms with E-state index >= 15 is 4.39 Å². The average molecular weight is 631 g/mol. The van der Waals surface area contributed by atoms with Gasteiger partial charge >= 0.3 is 6.18 Å². The van der Waals surface area contributed by atoms with E-state index < -0.39 is 35.7 Å². The Kier molecular flexibility index (Phi) is 10.9. The molecule has 0 saturated carbocycles. The molecule has 14 heteroatoms. The molecule has 236 valence electrons. The van der Waals surface area contributed by atoms with Crippen LogP contribution < -0.4 is 15.5 Å². The van der Waals surface area contributed by atoms with Crippen molar-refractivity contribution in [3.05, 3.63) is 58.1 Å². The van der Waals surface area contributed by atoms with Crippen molar-refractivity contribution in [2.45, 2.75) is 32.1 Å². The maximum absolute atomic E-state index is 15.0. The number of carbonyl (C=O) groups excluding carboxylic acids is 2. The zero-order valence-corrected chi connectivity index (χ0v) is 24.9. The largest absolute Gasteiger partial charge is 0.390 e. The van der Waals surface area contributed by atoms with Gasteiger partial charge in [-0.2, -0.15) is 13.2 Å². The molecule has 4 rings (SSSR count). The molecule has 2 aliphatic rings. The van der Waals surface area contributed by atoms with Gasteiger partial charge in [-0.3, -0.25) is 19.4 Å². The van der Waals surface area contributed by atoms with Crippen molar-refractivity contribution in [1.82, 2.24) is 20.0 Å². The molecule has 0 radical (unpaired) electrons. The van der Waals surface area contributed by atoms with Gasteiger partial charge in [0, 0.05) is 75.5 Å². The van der Waals surface area contributed by atoms with Gasteiger partial charge < -0.3 is 20.4 Å². The lowest BCUT2D eigenvalue weighted by molar-refractivity contribution is -0.139. The van der Waals surface area contributed by atoms with Crippen LogP contribution in [0.15, 0.2) is 30.3 Å². The number of piperazine rings is 2. The summed E-state index contributed by atoms with van der Waals surface area (Å²) in [6.45, 7) is 5.91. The second kappa shape index (κ2) is 14.2.